The number of hydrogen-bond donors (Lipinski definition) is 2. The van der Waals surface area contributed by atoms with E-state index in [1.165, 1.54) is 0 Å². The fourth-order valence-electron chi connectivity index (χ4n) is 2.68. The molecule has 0 aromatic carbocycles. The van der Waals surface area contributed by atoms with Gasteiger partial charge in [0.1, 0.15) is 5.69 Å². The molecule has 0 radical (unpaired) electrons. The number of ether oxygens (including phenoxy) is 1. The van der Waals surface area contributed by atoms with Crippen molar-refractivity contribution in [3.05, 3.63) is 17.5 Å². The Balaban J connectivity index is 2.09. The Kier molecular flexibility index (Phi) is 5.67. The van der Waals surface area contributed by atoms with Gasteiger partial charge in [0.05, 0.1) is 12.8 Å². The molecule has 1 fully saturated rings. The molecule has 0 saturated carbocycles. The number of piperidine rings is 1. The maximum atomic E-state index is 12.0. The Bertz CT molecular complexity index is 503. The van der Waals surface area contributed by atoms with Crippen molar-refractivity contribution in [2.75, 3.05) is 25.4 Å². The molecule has 1 unspecified atom stereocenters. The Morgan fingerprint density at radius 1 is 1.57 bits per heavy atom. The van der Waals surface area contributed by atoms with Gasteiger partial charge < -0.3 is 9.64 Å². The van der Waals surface area contributed by atoms with Crippen LogP contribution in [-0.4, -0.2) is 52.4 Å². The minimum Gasteiger partial charge on any atom is -0.461 e. The maximum Gasteiger partial charge on any atom is 0.356 e. The summed E-state index contributed by atoms with van der Waals surface area (Å²) in [6.07, 6.45) is 3.99. The molecule has 6 nitrogen and oxygen atoms in total. The van der Waals surface area contributed by atoms with Crippen LogP contribution in [0.25, 0.3) is 0 Å². The number of hydrogen-bond acceptors (Lipinski definition) is 5. The number of amides is 1. The molecule has 116 valence electrons. The number of carbonyl (C=O) groups is 2. The fraction of sp³-hybridized carbons (Fsp3) is 0.643. The van der Waals surface area contributed by atoms with Crippen molar-refractivity contribution in [3.8, 4) is 0 Å². The van der Waals surface area contributed by atoms with Gasteiger partial charge in [-0.15, -0.1) is 0 Å². The van der Waals surface area contributed by atoms with Crippen molar-refractivity contribution in [3.63, 3.8) is 0 Å². The van der Waals surface area contributed by atoms with Crippen molar-refractivity contribution in [2.24, 2.45) is 0 Å². The minimum atomic E-state index is -0.385. The molecule has 1 saturated heterocycles. The molecule has 0 bridgehead atoms. The molecule has 1 amide bonds. The van der Waals surface area contributed by atoms with E-state index in [0.717, 1.165) is 24.9 Å². The summed E-state index contributed by atoms with van der Waals surface area (Å²) in [4.78, 5) is 25.8. The standard InChI is InChI=1S/C14H21N3O3S/c1-2-20-14(19)13-11(8-15-16-13)10-4-3-6-17(9-10)12(18)5-7-21/h8,10,21H,2-7,9H2,1H3,(H,15,16). The highest BCUT2D eigenvalue weighted by Crippen LogP contribution is 2.29. The number of nitrogens with zero attached hydrogens (tertiary/aromatic N) is 2. The van der Waals surface area contributed by atoms with Crippen LogP contribution in [0.1, 0.15) is 48.2 Å². The highest BCUT2D eigenvalue weighted by molar-refractivity contribution is 7.80. The molecule has 2 heterocycles. The average molecular weight is 311 g/mol. The fourth-order valence-corrected chi connectivity index (χ4v) is 2.87. The second kappa shape index (κ2) is 7.49. The van der Waals surface area contributed by atoms with Crippen molar-refractivity contribution in [1.29, 1.82) is 0 Å². The van der Waals surface area contributed by atoms with Crippen LogP contribution in [-0.2, 0) is 9.53 Å². The summed E-state index contributed by atoms with van der Waals surface area (Å²) in [5, 5.41) is 6.68. The SMILES string of the molecule is CCOC(=O)c1[nH]ncc1C1CCCN(C(=O)CCS)C1. The highest BCUT2D eigenvalue weighted by atomic mass is 32.1. The van der Waals surface area contributed by atoms with Gasteiger partial charge in [0, 0.05) is 31.0 Å². The van der Waals surface area contributed by atoms with Crippen molar-refractivity contribution in [2.45, 2.75) is 32.1 Å². The Labute approximate surface area is 129 Å². The minimum absolute atomic E-state index is 0.121. The van der Waals surface area contributed by atoms with Crippen LogP contribution in [0.4, 0.5) is 0 Å². The van der Waals surface area contributed by atoms with E-state index in [2.05, 4.69) is 22.8 Å². The lowest BCUT2D eigenvalue weighted by Gasteiger charge is -2.32. The number of rotatable bonds is 5. The maximum absolute atomic E-state index is 12.0. The molecule has 2 rings (SSSR count). The number of likely N-dealkylation sites (tertiary alicyclic amines) is 1. The number of nitrogens with one attached hydrogen (secondary N) is 1. The van der Waals surface area contributed by atoms with Gasteiger partial charge in [0.25, 0.3) is 0 Å². The quantitative estimate of drug-likeness (QED) is 0.640. The zero-order chi connectivity index (χ0) is 15.2. The number of thiol groups is 1. The molecule has 0 spiro atoms. The lowest BCUT2D eigenvalue weighted by atomic mass is 9.90. The predicted molar refractivity (Wildman–Crippen MR) is 81.6 cm³/mol. The number of aromatic nitrogens is 2. The molecular formula is C14H21N3O3S. The average Bonchev–Trinajstić information content (AvgIpc) is 2.97. The lowest BCUT2D eigenvalue weighted by Crippen LogP contribution is -2.39. The third kappa shape index (κ3) is 3.78. The van der Waals surface area contributed by atoms with Gasteiger partial charge in [-0.1, -0.05) is 0 Å². The molecule has 1 aromatic rings. The first-order valence-electron chi connectivity index (χ1n) is 7.26. The third-order valence-electron chi connectivity index (χ3n) is 3.69. The van der Waals surface area contributed by atoms with E-state index in [4.69, 9.17) is 4.74 Å². The number of H-pyrrole nitrogens is 1. The smallest absolute Gasteiger partial charge is 0.356 e. The molecule has 7 heteroatoms. The zero-order valence-electron chi connectivity index (χ0n) is 12.2. The van der Waals surface area contributed by atoms with Crippen LogP contribution in [0, 0.1) is 0 Å². The van der Waals surface area contributed by atoms with E-state index in [9.17, 15) is 9.59 Å². The van der Waals surface area contributed by atoms with Gasteiger partial charge in [0.15, 0.2) is 0 Å². The van der Waals surface area contributed by atoms with Crippen LogP contribution < -0.4 is 0 Å². The summed E-state index contributed by atoms with van der Waals surface area (Å²) >= 11 is 4.10. The van der Waals surface area contributed by atoms with Gasteiger partial charge in [-0.05, 0) is 25.5 Å². The van der Waals surface area contributed by atoms with Gasteiger partial charge in [-0.2, -0.15) is 17.7 Å². The van der Waals surface area contributed by atoms with E-state index in [0.29, 0.717) is 31.0 Å². The first-order chi connectivity index (χ1) is 10.2. The summed E-state index contributed by atoms with van der Waals surface area (Å²) in [7, 11) is 0. The van der Waals surface area contributed by atoms with Gasteiger partial charge in [0.2, 0.25) is 5.91 Å². The second-order valence-electron chi connectivity index (χ2n) is 5.07. The third-order valence-corrected chi connectivity index (χ3v) is 3.91. The van der Waals surface area contributed by atoms with Gasteiger partial charge >= 0.3 is 5.97 Å². The molecule has 1 N–H and O–H groups in total. The lowest BCUT2D eigenvalue weighted by molar-refractivity contribution is -0.131. The van der Waals surface area contributed by atoms with Crippen LogP contribution in [0.2, 0.25) is 0 Å². The number of aromatic amines is 1. The molecule has 1 aliphatic heterocycles. The number of carbonyl (C=O) groups excluding carboxylic acids is 2. The topological polar surface area (TPSA) is 75.3 Å². The van der Waals surface area contributed by atoms with E-state index in [1.54, 1.807) is 13.1 Å². The summed E-state index contributed by atoms with van der Waals surface area (Å²) in [6.45, 7) is 3.50. The van der Waals surface area contributed by atoms with Crippen molar-refractivity contribution in [1.82, 2.24) is 15.1 Å². The molecule has 1 atom stereocenters. The summed E-state index contributed by atoms with van der Waals surface area (Å²) in [5.41, 5.74) is 1.25. The van der Waals surface area contributed by atoms with E-state index in [-0.39, 0.29) is 17.8 Å². The normalized spacial score (nSPS) is 18.6. The van der Waals surface area contributed by atoms with Crippen LogP contribution in [0.3, 0.4) is 0 Å². The Hall–Kier alpha value is -1.50. The largest absolute Gasteiger partial charge is 0.461 e. The molecule has 21 heavy (non-hydrogen) atoms. The van der Waals surface area contributed by atoms with Gasteiger partial charge in [-0.3, -0.25) is 9.89 Å². The first kappa shape index (κ1) is 15.9. The van der Waals surface area contributed by atoms with Crippen LogP contribution in [0.5, 0.6) is 0 Å². The molecular weight excluding hydrogens is 290 g/mol. The van der Waals surface area contributed by atoms with E-state index < -0.39 is 0 Å². The highest BCUT2D eigenvalue weighted by Gasteiger charge is 2.28. The van der Waals surface area contributed by atoms with Crippen molar-refractivity contribution < 1.29 is 14.3 Å². The zero-order valence-corrected chi connectivity index (χ0v) is 13.1. The molecule has 1 aliphatic rings. The second-order valence-corrected chi connectivity index (χ2v) is 5.52. The monoisotopic (exact) mass is 311 g/mol. The summed E-state index contributed by atoms with van der Waals surface area (Å²) < 4.78 is 5.03. The van der Waals surface area contributed by atoms with E-state index in [1.807, 2.05) is 4.90 Å². The summed E-state index contributed by atoms with van der Waals surface area (Å²) in [5.74, 6) is 0.417. The van der Waals surface area contributed by atoms with Gasteiger partial charge in [-0.25, -0.2) is 4.79 Å². The summed E-state index contributed by atoms with van der Waals surface area (Å²) in [6, 6.07) is 0. The van der Waals surface area contributed by atoms with E-state index >= 15 is 0 Å². The molecule has 1 aromatic heterocycles. The Morgan fingerprint density at radius 3 is 3.10 bits per heavy atom. The van der Waals surface area contributed by atoms with Crippen LogP contribution >= 0.6 is 12.6 Å². The first-order valence-corrected chi connectivity index (χ1v) is 7.89. The molecule has 0 aliphatic carbocycles. The van der Waals surface area contributed by atoms with Crippen LogP contribution in [0.15, 0.2) is 6.20 Å². The number of esters is 1. The van der Waals surface area contributed by atoms with Crippen molar-refractivity contribution >= 4 is 24.5 Å². The Morgan fingerprint density at radius 2 is 2.38 bits per heavy atom. The predicted octanol–water partition coefficient (Wildman–Crippen LogP) is 1.61.